The van der Waals surface area contributed by atoms with Crippen molar-refractivity contribution in [1.29, 1.82) is 0 Å². The molecule has 37 heavy (non-hydrogen) atoms. The van der Waals surface area contributed by atoms with Crippen LogP contribution in [0.2, 0.25) is 5.02 Å². The minimum atomic E-state index is -0.379. The van der Waals surface area contributed by atoms with Crippen molar-refractivity contribution < 1.29 is 18.8 Å². The normalized spacial score (nSPS) is 17.1. The molecule has 5 rings (SSSR count). The molecule has 0 unspecified atom stereocenters. The average Bonchev–Trinajstić information content (AvgIpc) is 3.16. The van der Waals surface area contributed by atoms with Crippen molar-refractivity contribution in [2.75, 3.05) is 31.1 Å². The van der Waals surface area contributed by atoms with Crippen LogP contribution in [0.15, 0.2) is 77.7 Å². The lowest BCUT2D eigenvalue weighted by molar-refractivity contribution is -0.123. The number of imide groups is 1. The molecule has 3 aromatic carbocycles. The van der Waals surface area contributed by atoms with Gasteiger partial charge in [0, 0.05) is 36.8 Å². The van der Waals surface area contributed by atoms with Gasteiger partial charge in [0.25, 0.3) is 17.1 Å². The third-order valence-electron chi connectivity index (χ3n) is 6.29. The van der Waals surface area contributed by atoms with E-state index in [-0.39, 0.29) is 29.4 Å². The molecule has 188 valence electrons. The van der Waals surface area contributed by atoms with Crippen LogP contribution in [-0.2, 0) is 11.3 Å². The topological polar surface area (TPSA) is 60.9 Å². The molecule has 0 radical (unpaired) electrons. The van der Waals surface area contributed by atoms with Crippen molar-refractivity contribution in [3.05, 3.63) is 105 Å². The van der Waals surface area contributed by atoms with E-state index in [9.17, 15) is 18.8 Å². The van der Waals surface area contributed by atoms with Crippen LogP contribution < -0.4 is 4.90 Å². The summed E-state index contributed by atoms with van der Waals surface area (Å²) in [5, 5.41) is 0.186. The zero-order chi connectivity index (χ0) is 25.9. The quantitative estimate of drug-likeness (QED) is 0.393. The number of amides is 3. The summed E-state index contributed by atoms with van der Waals surface area (Å²) in [6.07, 6.45) is 1.63. The summed E-state index contributed by atoms with van der Waals surface area (Å²) in [7, 11) is 0. The Kier molecular flexibility index (Phi) is 7.30. The lowest BCUT2D eigenvalue weighted by Gasteiger charge is -2.36. The monoisotopic (exact) mass is 535 g/mol. The van der Waals surface area contributed by atoms with Gasteiger partial charge in [-0.05, 0) is 65.4 Å². The van der Waals surface area contributed by atoms with Gasteiger partial charge in [-0.15, -0.1) is 0 Å². The molecule has 9 heteroatoms. The smallest absolute Gasteiger partial charge is 0.293 e. The Labute approximate surface area is 223 Å². The van der Waals surface area contributed by atoms with E-state index in [1.54, 1.807) is 71.6 Å². The number of hydrogen-bond acceptors (Lipinski definition) is 5. The number of nitrogens with zero attached hydrogens (tertiary/aromatic N) is 3. The first-order chi connectivity index (χ1) is 17.9. The fourth-order valence-corrected chi connectivity index (χ4v) is 5.46. The molecule has 0 N–H and O–H groups in total. The molecule has 2 heterocycles. The first-order valence-electron chi connectivity index (χ1n) is 11.8. The van der Waals surface area contributed by atoms with E-state index in [1.807, 2.05) is 11.0 Å². The number of rotatable bonds is 5. The van der Waals surface area contributed by atoms with Gasteiger partial charge in [-0.25, -0.2) is 4.39 Å². The lowest BCUT2D eigenvalue weighted by atomic mass is 10.1. The van der Waals surface area contributed by atoms with E-state index in [2.05, 4.69) is 0 Å². The minimum absolute atomic E-state index is 0.127. The van der Waals surface area contributed by atoms with E-state index >= 15 is 0 Å². The van der Waals surface area contributed by atoms with Crippen LogP contribution in [0, 0.1) is 5.82 Å². The summed E-state index contributed by atoms with van der Waals surface area (Å²) >= 11 is 6.90. The highest BCUT2D eigenvalue weighted by Crippen LogP contribution is 2.33. The van der Waals surface area contributed by atoms with Crippen molar-refractivity contribution >= 4 is 52.2 Å². The Morgan fingerprint density at radius 1 is 0.946 bits per heavy atom. The first kappa shape index (κ1) is 25.0. The van der Waals surface area contributed by atoms with Crippen molar-refractivity contribution in [1.82, 2.24) is 9.80 Å². The van der Waals surface area contributed by atoms with Gasteiger partial charge in [-0.1, -0.05) is 48.0 Å². The zero-order valence-electron chi connectivity index (χ0n) is 19.8. The summed E-state index contributed by atoms with van der Waals surface area (Å²) in [6, 6.07) is 20.7. The SMILES string of the molecule is O=C(c1cccc(/C=C2\SC(=O)N(Cc3cccc(Cl)c3)C2=O)c1)N1CCN(c2ccccc2F)CC1. The molecular formula is C28H23ClFN3O3S. The van der Waals surface area contributed by atoms with E-state index in [1.165, 1.54) is 11.0 Å². The fourth-order valence-electron chi connectivity index (χ4n) is 4.41. The summed E-state index contributed by atoms with van der Waals surface area (Å²) in [6.45, 7) is 2.15. The summed E-state index contributed by atoms with van der Waals surface area (Å²) in [4.78, 5) is 43.8. The maximum Gasteiger partial charge on any atom is 0.293 e. The molecule has 3 amide bonds. The number of carbonyl (C=O) groups excluding carboxylic acids is 3. The van der Waals surface area contributed by atoms with Gasteiger partial charge in [-0.2, -0.15) is 0 Å². The van der Waals surface area contributed by atoms with E-state index in [0.29, 0.717) is 52.9 Å². The molecule has 0 aliphatic carbocycles. The van der Waals surface area contributed by atoms with Crippen LogP contribution in [-0.4, -0.2) is 53.0 Å². The number of hydrogen-bond donors (Lipinski definition) is 0. The standard InChI is InChI=1S/C28H23ClFN3O3S/c29-22-8-4-6-20(16-22)18-33-27(35)25(37-28(33)36)17-19-5-3-7-21(15-19)26(34)32-13-11-31(12-14-32)24-10-2-1-9-23(24)30/h1-10,15-17H,11-14,18H2/b25-17-. The molecule has 0 aromatic heterocycles. The van der Waals surface area contributed by atoms with E-state index in [0.717, 1.165) is 17.3 Å². The van der Waals surface area contributed by atoms with Crippen molar-refractivity contribution in [3.8, 4) is 0 Å². The van der Waals surface area contributed by atoms with Gasteiger partial charge in [0.2, 0.25) is 0 Å². The van der Waals surface area contributed by atoms with E-state index < -0.39 is 0 Å². The number of para-hydroxylation sites is 1. The number of anilines is 1. The second kappa shape index (κ2) is 10.8. The van der Waals surface area contributed by atoms with Crippen LogP contribution >= 0.6 is 23.4 Å². The molecule has 0 saturated carbocycles. The predicted molar refractivity (Wildman–Crippen MR) is 144 cm³/mol. The van der Waals surface area contributed by atoms with Gasteiger partial charge in [0.1, 0.15) is 5.82 Å². The minimum Gasteiger partial charge on any atom is -0.366 e. The third kappa shape index (κ3) is 5.55. The van der Waals surface area contributed by atoms with Crippen LogP contribution in [0.25, 0.3) is 6.08 Å². The molecule has 2 aliphatic heterocycles. The molecule has 2 fully saturated rings. The van der Waals surface area contributed by atoms with Gasteiger partial charge in [-0.3, -0.25) is 19.3 Å². The van der Waals surface area contributed by atoms with Gasteiger partial charge < -0.3 is 9.80 Å². The van der Waals surface area contributed by atoms with Crippen molar-refractivity contribution in [2.24, 2.45) is 0 Å². The second-order valence-corrected chi connectivity index (χ2v) is 10.2. The fraction of sp³-hybridized carbons (Fsp3) is 0.179. The zero-order valence-corrected chi connectivity index (χ0v) is 21.3. The molecular weight excluding hydrogens is 513 g/mol. The molecule has 0 atom stereocenters. The Morgan fingerprint density at radius 3 is 2.46 bits per heavy atom. The maximum absolute atomic E-state index is 14.1. The van der Waals surface area contributed by atoms with Crippen LogP contribution in [0.1, 0.15) is 21.5 Å². The van der Waals surface area contributed by atoms with Crippen LogP contribution in [0.4, 0.5) is 14.9 Å². The van der Waals surface area contributed by atoms with Crippen molar-refractivity contribution in [3.63, 3.8) is 0 Å². The highest BCUT2D eigenvalue weighted by molar-refractivity contribution is 8.18. The summed E-state index contributed by atoms with van der Waals surface area (Å²) in [5.41, 5.74) is 2.45. The molecule has 3 aromatic rings. The van der Waals surface area contributed by atoms with Crippen molar-refractivity contribution in [2.45, 2.75) is 6.54 Å². The summed E-state index contributed by atoms with van der Waals surface area (Å²) < 4.78 is 14.1. The van der Waals surface area contributed by atoms with Gasteiger partial charge in [0.05, 0.1) is 17.1 Å². The molecule has 0 bridgehead atoms. The highest BCUT2D eigenvalue weighted by atomic mass is 35.5. The molecule has 2 aliphatic rings. The average molecular weight is 536 g/mol. The molecule has 2 saturated heterocycles. The Morgan fingerprint density at radius 2 is 1.70 bits per heavy atom. The lowest BCUT2D eigenvalue weighted by Crippen LogP contribution is -2.49. The number of thioether (sulfide) groups is 1. The Balaban J connectivity index is 1.26. The largest absolute Gasteiger partial charge is 0.366 e. The maximum atomic E-state index is 14.1. The molecule has 0 spiro atoms. The van der Waals surface area contributed by atoms with Crippen LogP contribution in [0.3, 0.4) is 0 Å². The Hall–Kier alpha value is -3.62. The number of carbonyl (C=O) groups is 3. The summed E-state index contributed by atoms with van der Waals surface area (Å²) in [5.74, 6) is -0.777. The highest BCUT2D eigenvalue weighted by Gasteiger charge is 2.35. The third-order valence-corrected chi connectivity index (χ3v) is 7.44. The number of halogens is 2. The number of benzene rings is 3. The Bertz CT molecular complexity index is 1400. The molecule has 6 nitrogen and oxygen atoms in total. The van der Waals surface area contributed by atoms with Crippen LogP contribution in [0.5, 0.6) is 0 Å². The number of piperazine rings is 1. The second-order valence-electron chi connectivity index (χ2n) is 8.75. The predicted octanol–water partition coefficient (Wildman–Crippen LogP) is 5.68. The van der Waals surface area contributed by atoms with E-state index in [4.69, 9.17) is 11.6 Å². The first-order valence-corrected chi connectivity index (χ1v) is 13.0. The van der Waals surface area contributed by atoms with Gasteiger partial charge in [0.15, 0.2) is 0 Å². The van der Waals surface area contributed by atoms with Gasteiger partial charge >= 0.3 is 0 Å².